The Morgan fingerprint density at radius 3 is 2.75 bits per heavy atom. The molecular formula is C13H20N2O3S2. The Labute approximate surface area is 127 Å². The molecule has 0 aromatic carbocycles. The Bertz CT molecular complexity index is 460. The number of hydrogen-bond donors (Lipinski definition) is 1. The molecule has 1 aromatic rings. The summed E-state index contributed by atoms with van der Waals surface area (Å²) in [4.78, 5) is 27.5. The molecule has 7 heteroatoms. The van der Waals surface area contributed by atoms with Gasteiger partial charge in [0.05, 0.1) is 24.0 Å². The molecule has 0 aliphatic rings. The van der Waals surface area contributed by atoms with E-state index in [4.69, 9.17) is 4.74 Å². The Hall–Kier alpha value is -1.08. The van der Waals surface area contributed by atoms with Crippen molar-refractivity contribution in [1.29, 1.82) is 0 Å². The largest absolute Gasteiger partial charge is 0.466 e. The second kappa shape index (κ2) is 8.26. The minimum Gasteiger partial charge on any atom is -0.466 e. The lowest BCUT2D eigenvalue weighted by atomic mass is 10.3. The fraction of sp³-hybridized carbons (Fsp3) is 0.615. The van der Waals surface area contributed by atoms with Crippen LogP contribution in [0.15, 0.2) is 9.72 Å². The van der Waals surface area contributed by atoms with Gasteiger partial charge in [-0.05, 0) is 27.7 Å². The van der Waals surface area contributed by atoms with E-state index >= 15 is 0 Å². The van der Waals surface area contributed by atoms with Gasteiger partial charge in [-0.3, -0.25) is 9.59 Å². The summed E-state index contributed by atoms with van der Waals surface area (Å²) in [7, 11) is 0. The number of hydrogen-bond acceptors (Lipinski definition) is 6. The molecular weight excluding hydrogens is 296 g/mol. The molecule has 1 amide bonds. The van der Waals surface area contributed by atoms with Crippen molar-refractivity contribution in [2.45, 2.75) is 49.7 Å². The number of thioether (sulfide) groups is 1. The number of esters is 1. The summed E-state index contributed by atoms with van der Waals surface area (Å²) in [6, 6.07) is 0.126. The van der Waals surface area contributed by atoms with Gasteiger partial charge in [0, 0.05) is 11.4 Å². The van der Waals surface area contributed by atoms with E-state index in [0.717, 1.165) is 4.34 Å². The van der Waals surface area contributed by atoms with Crippen LogP contribution in [0.25, 0.3) is 0 Å². The summed E-state index contributed by atoms with van der Waals surface area (Å²) < 4.78 is 5.66. The van der Waals surface area contributed by atoms with Gasteiger partial charge in [-0.25, -0.2) is 4.98 Å². The number of thiazole rings is 1. The molecule has 0 saturated carbocycles. The van der Waals surface area contributed by atoms with Crippen LogP contribution >= 0.6 is 23.1 Å². The number of amides is 1. The molecule has 1 aromatic heterocycles. The molecule has 0 aliphatic carbocycles. The first kappa shape index (κ1) is 17.0. The van der Waals surface area contributed by atoms with Gasteiger partial charge >= 0.3 is 5.97 Å². The molecule has 1 N–H and O–H groups in total. The lowest BCUT2D eigenvalue weighted by Crippen LogP contribution is -2.35. The van der Waals surface area contributed by atoms with Crippen molar-refractivity contribution in [2.24, 2.45) is 0 Å². The molecule has 0 aliphatic heterocycles. The molecule has 5 nitrogen and oxygen atoms in total. The third-order valence-electron chi connectivity index (χ3n) is 2.24. The topological polar surface area (TPSA) is 68.3 Å². The molecule has 112 valence electrons. The monoisotopic (exact) mass is 316 g/mol. The molecule has 1 atom stereocenters. The van der Waals surface area contributed by atoms with E-state index in [9.17, 15) is 9.59 Å². The van der Waals surface area contributed by atoms with Gasteiger partial charge in [0.2, 0.25) is 5.91 Å². The van der Waals surface area contributed by atoms with Crippen molar-refractivity contribution < 1.29 is 14.3 Å². The summed E-state index contributed by atoms with van der Waals surface area (Å²) >= 11 is 2.84. The molecule has 0 radical (unpaired) electrons. The summed E-state index contributed by atoms with van der Waals surface area (Å²) in [5.74, 6) is -0.285. The molecule has 1 rings (SSSR count). The smallest absolute Gasteiger partial charge is 0.311 e. The van der Waals surface area contributed by atoms with Crippen LogP contribution in [0.4, 0.5) is 0 Å². The van der Waals surface area contributed by atoms with Crippen LogP contribution < -0.4 is 5.32 Å². The third kappa shape index (κ3) is 5.92. The molecule has 1 unspecified atom stereocenters. The predicted molar refractivity (Wildman–Crippen MR) is 81.0 cm³/mol. The summed E-state index contributed by atoms with van der Waals surface area (Å²) in [5.41, 5.74) is 0.687. The first-order valence-electron chi connectivity index (χ1n) is 6.49. The molecule has 1 heterocycles. The zero-order valence-electron chi connectivity index (χ0n) is 12.1. The number of ether oxygens (including phenoxy) is 1. The van der Waals surface area contributed by atoms with Gasteiger partial charge in [0.15, 0.2) is 4.34 Å². The van der Waals surface area contributed by atoms with Crippen molar-refractivity contribution in [2.75, 3.05) is 6.61 Å². The van der Waals surface area contributed by atoms with Crippen molar-refractivity contribution >= 4 is 35.0 Å². The summed E-state index contributed by atoms with van der Waals surface area (Å²) in [6.45, 7) is 7.84. The van der Waals surface area contributed by atoms with Crippen molar-refractivity contribution in [3.05, 3.63) is 11.1 Å². The van der Waals surface area contributed by atoms with Crippen LogP contribution in [0, 0.1) is 0 Å². The number of rotatable bonds is 7. The summed E-state index contributed by atoms with van der Waals surface area (Å²) in [6.07, 6.45) is 0.178. The normalized spacial score (nSPS) is 12.2. The predicted octanol–water partition coefficient (Wildman–Crippen LogP) is 2.25. The van der Waals surface area contributed by atoms with Crippen molar-refractivity contribution in [3.8, 4) is 0 Å². The zero-order valence-corrected chi connectivity index (χ0v) is 13.8. The number of carbonyl (C=O) groups excluding carboxylic acids is 2. The molecule has 0 fully saturated rings. The molecule has 0 spiro atoms. The molecule has 0 bridgehead atoms. The minimum absolute atomic E-state index is 0.00728. The lowest BCUT2D eigenvalue weighted by Gasteiger charge is -2.12. The highest BCUT2D eigenvalue weighted by Crippen LogP contribution is 2.27. The van der Waals surface area contributed by atoms with Crippen molar-refractivity contribution in [3.63, 3.8) is 0 Å². The van der Waals surface area contributed by atoms with E-state index in [1.165, 1.54) is 23.1 Å². The Kier molecular flexibility index (Phi) is 7.01. The van der Waals surface area contributed by atoms with Gasteiger partial charge in [0.25, 0.3) is 0 Å². The maximum absolute atomic E-state index is 11.8. The fourth-order valence-corrected chi connectivity index (χ4v) is 3.38. The van der Waals surface area contributed by atoms with Gasteiger partial charge in [0.1, 0.15) is 0 Å². The Morgan fingerprint density at radius 2 is 2.15 bits per heavy atom. The highest BCUT2D eigenvalue weighted by molar-refractivity contribution is 8.02. The highest BCUT2D eigenvalue weighted by atomic mass is 32.2. The average molecular weight is 316 g/mol. The van der Waals surface area contributed by atoms with Gasteiger partial charge in [-0.15, -0.1) is 11.3 Å². The van der Waals surface area contributed by atoms with Gasteiger partial charge < -0.3 is 10.1 Å². The number of carbonyl (C=O) groups is 2. The second-order valence-electron chi connectivity index (χ2n) is 4.51. The summed E-state index contributed by atoms with van der Waals surface area (Å²) in [5, 5.41) is 4.48. The first-order chi connectivity index (χ1) is 9.42. The van der Waals surface area contributed by atoms with Crippen LogP contribution in [-0.4, -0.2) is 34.8 Å². The average Bonchev–Trinajstić information content (AvgIpc) is 2.75. The number of nitrogens with one attached hydrogen (secondary N) is 1. The highest BCUT2D eigenvalue weighted by Gasteiger charge is 2.17. The minimum atomic E-state index is -0.278. The fourth-order valence-electron chi connectivity index (χ4n) is 1.39. The van der Waals surface area contributed by atoms with Crippen LogP contribution in [0.3, 0.4) is 0 Å². The van der Waals surface area contributed by atoms with Crippen LogP contribution in [0.2, 0.25) is 0 Å². The van der Waals surface area contributed by atoms with Crippen LogP contribution in [-0.2, 0) is 20.7 Å². The van der Waals surface area contributed by atoms with E-state index in [0.29, 0.717) is 12.3 Å². The van der Waals surface area contributed by atoms with Crippen LogP contribution in [0.1, 0.15) is 33.4 Å². The van der Waals surface area contributed by atoms with E-state index in [2.05, 4.69) is 10.3 Å². The third-order valence-corrected chi connectivity index (χ3v) is 4.36. The zero-order chi connectivity index (χ0) is 15.1. The molecule has 20 heavy (non-hydrogen) atoms. The SMILES string of the molecule is CCOC(=O)Cc1csc(SC(C)C(=O)NC(C)C)n1. The molecule has 0 saturated heterocycles. The van der Waals surface area contributed by atoms with Crippen molar-refractivity contribution in [1.82, 2.24) is 10.3 Å². The Balaban J connectivity index is 2.51. The maximum Gasteiger partial charge on any atom is 0.311 e. The van der Waals surface area contributed by atoms with E-state index in [-0.39, 0.29) is 29.6 Å². The lowest BCUT2D eigenvalue weighted by molar-refractivity contribution is -0.142. The van der Waals surface area contributed by atoms with Gasteiger partial charge in [-0.2, -0.15) is 0 Å². The second-order valence-corrected chi connectivity index (χ2v) is 6.96. The van der Waals surface area contributed by atoms with E-state index in [1.807, 2.05) is 26.2 Å². The maximum atomic E-state index is 11.8. The van der Waals surface area contributed by atoms with E-state index in [1.54, 1.807) is 6.92 Å². The van der Waals surface area contributed by atoms with E-state index < -0.39 is 0 Å². The number of nitrogens with zero attached hydrogens (tertiary/aromatic N) is 1. The quantitative estimate of drug-likeness (QED) is 0.617. The van der Waals surface area contributed by atoms with Gasteiger partial charge in [-0.1, -0.05) is 11.8 Å². The van der Waals surface area contributed by atoms with Crippen LogP contribution in [0.5, 0.6) is 0 Å². The first-order valence-corrected chi connectivity index (χ1v) is 8.25. The number of aromatic nitrogens is 1. The Morgan fingerprint density at radius 1 is 1.45 bits per heavy atom. The standard InChI is InChI=1S/C13H20N2O3S2/c1-5-18-11(16)6-10-7-19-13(15-10)20-9(4)12(17)14-8(2)3/h7-9H,5-6H2,1-4H3,(H,14,17).